The van der Waals surface area contributed by atoms with Gasteiger partial charge in [0.1, 0.15) is 0 Å². The molecule has 9 rings (SSSR count). The minimum atomic E-state index is 0.644. The molecule has 1 aliphatic heterocycles. The van der Waals surface area contributed by atoms with Crippen LogP contribution in [0.15, 0.2) is 186 Å². The molecule has 0 radical (unpaired) electrons. The lowest BCUT2D eigenvalue weighted by Crippen LogP contribution is -2.04. The topological polar surface area (TPSA) is 61.1 Å². The van der Waals surface area contributed by atoms with Crippen LogP contribution in [0.1, 0.15) is 24.2 Å². The van der Waals surface area contributed by atoms with Gasteiger partial charge in [0, 0.05) is 45.6 Å². The number of fused-ring (bicyclic) bond motifs is 7. The van der Waals surface area contributed by atoms with Crippen LogP contribution < -0.4 is 5.73 Å². The normalized spacial score (nSPS) is 18.5. The van der Waals surface area contributed by atoms with Gasteiger partial charge < -0.3 is 14.9 Å². The first-order chi connectivity index (χ1) is 26.3. The molecule has 5 heteroatoms. The SMILES string of the molecule is N/C=C\C(Cc1cc(-n2c3ccccc3c3c2ccc2c4ccccc4n(-c4ccccc4)c23)cc(/C2=C/C=N\C/C=C\C=C/C2)n1)=C1\C=CC=CC1. The number of hydrogen-bond acceptors (Lipinski definition) is 3. The molecular formula is C48H39N5. The Balaban J connectivity index is 1.33. The number of aromatic nitrogens is 3. The number of allylic oxidation sites excluding steroid dienone is 12. The zero-order valence-corrected chi connectivity index (χ0v) is 29.4. The van der Waals surface area contributed by atoms with E-state index in [9.17, 15) is 0 Å². The predicted octanol–water partition coefficient (Wildman–Crippen LogP) is 11.1. The van der Waals surface area contributed by atoms with Crippen molar-refractivity contribution in [1.29, 1.82) is 0 Å². The Kier molecular flexibility index (Phi) is 8.58. The van der Waals surface area contributed by atoms with Crippen LogP contribution in [0.4, 0.5) is 0 Å². The molecule has 0 spiro atoms. The number of nitrogens with zero attached hydrogens (tertiary/aromatic N) is 4. The standard InChI is InChI=1S/C48H39N5/c49-28-26-36(34-15-6-3-7-16-34)31-37-32-39(33-43(51-37)35-17-5-1-2-14-29-50-30-27-35)52-45-23-13-11-21-42(45)47-46(52)25-24-41-40-20-10-12-22-44(40)53(48(41)47)38-18-8-4-9-19-38/h1-15,18-28,30,32-33H,16-17,29,31,49H2/b5-1-,14-2-,28-26-,35-27+,36-34+,50-30-. The van der Waals surface area contributed by atoms with E-state index in [-0.39, 0.29) is 0 Å². The van der Waals surface area contributed by atoms with Crippen molar-refractivity contribution in [3.8, 4) is 11.4 Å². The van der Waals surface area contributed by atoms with Gasteiger partial charge in [-0.3, -0.25) is 9.98 Å². The van der Waals surface area contributed by atoms with Crippen LogP contribution in [-0.4, -0.2) is 26.9 Å². The molecule has 4 heterocycles. The molecule has 53 heavy (non-hydrogen) atoms. The van der Waals surface area contributed by atoms with Gasteiger partial charge in [0.25, 0.3) is 0 Å². The van der Waals surface area contributed by atoms with Gasteiger partial charge in [-0.2, -0.15) is 0 Å². The Morgan fingerprint density at radius 2 is 1.43 bits per heavy atom. The molecular weight excluding hydrogens is 647 g/mol. The van der Waals surface area contributed by atoms with E-state index in [1.54, 1.807) is 6.20 Å². The molecule has 5 nitrogen and oxygen atoms in total. The maximum absolute atomic E-state index is 6.04. The fourth-order valence-corrected chi connectivity index (χ4v) is 7.87. The Hall–Kier alpha value is -6.72. The van der Waals surface area contributed by atoms with Crippen molar-refractivity contribution in [2.75, 3.05) is 6.54 Å². The first-order valence-electron chi connectivity index (χ1n) is 18.2. The summed E-state index contributed by atoms with van der Waals surface area (Å²) < 4.78 is 4.86. The van der Waals surface area contributed by atoms with Crippen LogP contribution >= 0.6 is 0 Å². The number of para-hydroxylation sites is 3. The summed E-state index contributed by atoms with van der Waals surface area (Å²) in [5.74, 6) is 0. The Morgan fingerprint density at radius 1 is 0.679 bits per heavy atom. The third-order valence-corrected chi connectivity index (χ3v) is 10.2. The van der Waals surface area contributed by atoms with Crippen molar-refractivity contribution < 1.29 is 0 Å². The van der Waals surface area contributed by atoms with Crippen LogP contribution in [0.5, 0.6) is 0 Å². The van der Waals surface area contributed by atoms with Crippen LogP contribution in [0.25, 0.3) is 60.6 Å². The largest absolute Gasteiger partial charge is 0.405 e. The quantitative estimate of drug-likeness (QED) is 0.189. The van der Waals surface area contributed by atoms with Crippen LogP contribution in [0.3, 0.4) is 0 Å². The molecule has 0 unspecified atom stereocenters. The van der Waals surface area contributed by atoms with Crippen LogP contribution in [0, 0.1) is 0 Å². The van der Waals surface area contributed by atoms with E-state index in [1.807, 2.05) is 12.3 Å². The second-order valence-corrected chi connectivity index (χ2v) is 13.4. The molecule has 256 valence electrons. The van der Waals surface area contributed by atoms with E-state index in [1.165, 1.54) is 38.2 Å². The molecule has 0 bridgehead atoms. The van der Waals surface area contributed by atoms with Crippen molar-refractivity contribution >= 4 is 55.4 Å². The van der Waals surface area contributed by atoms with Gasteiger partial charge in [-0.15, -0.1) is 0 Å². The first-order valence-corrected chi connectivity index (χ1v) is 18.2. The van der Waals surface area contributed by atoms with Gasteiger partial charge in [-0.05, 0) is 90.4 Å². The lowest BCUT2D eigenvalue weighted by molar-refractivity contribution is 1.01. The summed E-state index contributed by atoms with van der Waals surface area (Å²) in [7, 11) is 0. The minimum absolute atomic E-state index is 0.644. The van der Waals surface area contributed by atoms with Crippen molar-refractivity contribution in [2.45, 2.75) is 19.3 Å². The number of aliphatic imine (C=N–C) groups is 1. The van der Waals surface area contributed by atoms with Crippen molar-refractivity contribution in [2.24, 2.45) is 10.7 Å². The lowest BCUT2D eigenvalue weighted by atomic mass is 9.96. The first kappa shape index (κ1) is 32.2. The Morgan fingerprint density at radius 3 is 2.26 bits per heavy atom. The fourth-order valence-electron chi connectivity index (χ4n) is 7.87. The molecule has 3 aromatic heterocycles. The summed E-state index contributed by atoms with van der Waals surface area (Å²) >= 11 is 0. The monoisotopic (exact) mass is 685 g/mol. The molecule has 2 N–H and O–H groups in total. The summed E-state index contributed by atoms with van der Waals surface area (Å²) in [6.07, 6.45) is 26.9. The molecule has 0 saturated heterocycles. The Labute approximate surface area is 309 Å². The number of pyridine rings is 1. The van der Waals surface area contributed by atoms with Gasteiger partial charge in [-0.25, -0.2) is 0 Å². The molecule has 0 saturated carbocycles. The second kappa shape index (κ2) is 14.1. The highest BCUT2D eigenvalue weighted by Crippen LogP contribution is 2.42. The van der Waals surface area contributed by atoms with E-state index >= 15 is 0 Å². The minimum Gasteiger partial charge on any atom is -0.405 e. The zero-order chi connectivity index (χ0) is 35.6. The lowest BCUT2D eigenvalue weighted by Gasteiger charge is -2.16. The highest BCUT2D eigenvalue weighted by molar-refractivity contribution is 6.26. The van der Waals surface area contributed by atoms with E-state index < -0.39 is 0 Å². The number of benzene rings is 4. The van der Waals surface area contributed by atoms with Gasteiger partial charge in [-0.1, -0.05) is 109 Å². The predicted molar refractivity (Wildman–Crippen MR) is 224 cm³/mol. The van der Waals surface area contributed by atoms with Crippen LogP contribution in [0.2, 0.25) is 0 Å². The van der Waals surface area contributed by atoms with E-state index in [2.05, 4.69) is 172 Å². The van der Waals surface area contributed by atoms with E-state index in [4.69, 9.17) is 10.7 Å². The summed E-state index contributed by atoms with van der Waals surface area (Å²) in [5.41, 5.74) is 18.4. The molecule has 1 aliphatic carbocycles. The average molecular weight is 686 g/mol. The Bertz CT molecular complexity index is 2780. The highest BCUT2D eigenvalue weighted by Gasteiger charge is 2.21. The number of rotatable bonds is 6. The molecule has 4 aromatic carbocycles. The van der Waals surface area contributed by atoms with Crippen molar-refractivity contribution in [3.05, 3.63) is 193 Å². The third kappa shape index (κ3) is 5.96. The molecule has 2 aliphatic rings. The van der Waals surface area contributed by atoms with Gasteiger partial charge in [0.15, 0.2) is 0 Å². The molecule has 0 fully saturated rings. The smallest absolute Gasteiger partial charge is 0.0689 e. The summed E-state index contributed by atoms with van der Waals surface area (Å²) in [4.78, 5) is 9.95. The van der Waals surface area contributed by atoms with Gasteiger partial charge in [0.2, 0.25) is 0 Å². The van der Waals surface area contributed by atoms with E-state index in [0.29, 0.717) is 13.0 Å². The van der Waals surface area contributed by atoms with E-state index in [0.717, 1.165) is 57.8 Å². The second-order valence-electron chi connectivity index (χ2n) is 13.4. The van der Waals surface area contributed by atoms with Crippen molar-refractivity contribution in [3.63, 3.8) is 0 Å². The molecule has 0 atom stereocenters. The highest BCUT2D eigenvalue weighted by atomic mass is 15.0. The fraction of sp³-hybridized carbons (Fsp3) is 0.0833. The van der Waals surface area contributed by atoms with Gasteiger partial charge >= 0.3 is 0 Å². The number of nitrogens with two attached hydrogens (primary N) is 1. The summed E-state index contributed by atoms with van der Waals surface area (Å²) in [6, 6.07) is 37.3. The van der Waals surface area contributed by atoms with Crippen molar-refractivity contribution in [1.82, 2.24) is 14.1 Å². The third-order valence-electron chi connectivity index (χ3n) is 10.2. The van der Waals surface area contributed by atoms with Crippen LogP contribution in [-0.2, 0) is 6.42 Å². The number of hydrogen-bond donors (Lipinski definition) is 1. The molecule has 0 amide bonds. The molecule has 7 aromatic rings. The summed E-state index contributed by atoms with van der Waals surface area (Å²) in [5, 5.41) is 4.92. The summed E-state index contributed by atoms with van der Waals surface area (Å²) in [6.45, 7) is 0.646. The maximum Gasteiger partial charge on any atom is 0.0689 e. The average Bonchev–Trinajstić information content (AvgIpc) is 3.73. The van der Waals surface area contributed by atoms with Gasteiger partial charge in [0.05, 0.1) is 40.0 Å². The maximum atomic E-state index is 6.04. The zero-order valence-electron chi connectivity index (χ0n) is 29.4.